The highest BCUT2D eigenvalue weighted by Crippen LogP contribution is 2.20. The van der Waals surface area contributed by atoms with Gasteiger partial charge in [-0.3, -0.25) is 9.69 Å². The molecule has 17 heavy (non-hydrogen) atoms. The number of carbonyl (C=O) groups is 1. The minimum atomic E-state index is 0.0377. The molecule has 3 nitrogen and oxygen atoms in total. The van der Waals surface area contributed by atoms with Crippen molar-refractivity contribution in [2.45, 2.75) is 19.9 Å². The number of Topliss-reactive ketones (excluding diaryl/α,β-unsaturated/α-hetero) is 1. The molecular weight excluding hydrogens is 232 g/mol. The summed E-state index contributed by atoms with van der Waals surface area (Å²) < 4.78 is 0. The van der Waals surface area contributed by atoms with Crippen LogP contribution in [0.15, 0.2) is 17.5 Å². The Morgan fingerprint density at radius 2 is 2.12 bits per heavy atom. The fourth-order valence-corrected chi connectivity index (χ4v) is 3.11. The van der Waals surface area contributed by atoms with E-state index in [1.54, 1.807) is 11.3 Å². The maximum atomic E-state index is 12.5. The van der Waals surface area contributed by atoms with Crippen LogP contribution in [0.2, 0.25) is 0 Å². The Bertz CT molecular complexity index is 356. The van der Waals surface area contributed by atoms with Gasteiger partial charge in [0.2, 0.25) is 0 Å². The van der Waals surface area contributed by atoms with Gasteiger partial charge in [-0.05, 0) is 17.4 Å². The highest BCUT2D eigenvalue weighted by molar-refractivity contribution is 7.12. The number of hydrogen-bond acceptors (Lipinski definition) is 4. The Hall–Kier alpha value is -0.710. The first-order valence-corrected chi connectivity index (χ1v) is 7.10. The third kappa shape index (κ3) is 2.94. The van der Waals surface area contributed by atoms with Crippen LogP contribution in [0.1, 0.15) is 23.5 Å². The van der Waals surface area contributed by atoms with Crippen molar-refractivity contribution < 1.29 is 4.79 Å². The first-order valence-electron chi connectivity index (χ1n) is 6.22. The van der Waals surface area contributed by atoms with Crippen LogP contribution in [0.5, 0.6) is 0 Å². The first-order chi connectivity index (χ1) is 8.20. The van der Waals surface area contributed by atoms with Gasteiger partial charge in [0.15, 0.2) is 5.78 Å². The second-order valence-electron chi connectivity index (χ2n) is 4.82. The molecule has 1 aromatic heterocycles. The molecule has 4 heteroatoms. The molecule has 1 fully saturated rings. The predicted molar refractivity (Wildman–Crippen MR) is 71.7 cm³/mol. The number of nitrogens with zero attached hydrogens (tertiary/aromatic N) is 1. The third-order valence-corrected chi connectivity index (χ3v) is 4.09. The van der Waals surface area contributed by atoms with Crippen LogP contribution < -0.4 is 5.32 Å². The molecule has 2 rings (SSSR count). The highest BCUT2D eigenvalue weighted by Gasteiger charge is 2.30. The second-order valence-corrected chi connectivity index (χ2v) is 5.76. The molecule has 1 atom stereocenters. The molecule has 0 amide bonds. The lowest BCUT2D eigenvalue weighted by atomic mass is 9.96. The van der Waals surface area contributed by atoms with Crippen molar-refractivity contribution in [1.82, 2.24) is 10.2 Å². The maximum absolute atomic E-state index is 12.5. The van der Waals surface area contributed by atoms with Crippen LogP contribution in [0, 0.1) is 5.92 Å². The molecule has 0 aromatic carbocycles. The molecule has 1 aliphatic heterocycles. The molecule has 0 bridgehead atoms. The minimum Gasteiger partial charge on any atom is -0.314 e. The van der Waals surface area contributed by atoms with Gasteiger partial charge in [0.1, 0.15) is 0 Å². The Balaban J connectivity index is 2.14. The van der Waals surface area contributed by atoms with E-state index in [2.05, 4.69) is 24.1 Å². The molecule has 1 aromatic rings. The van der Waals surface area contributed by atoms with Crippen molar-refractivity contribution in [2.75, 3.05) is 26.2 Å². The van der Waals surface area contributed by atoms with E-state index in [9.17, 15) is 4.79 Å². The van der Waals surface area contributed by atoms with Crippen molar-refractivity contribution in [2.24, 2.45) is 5.92 Å². The van der Waals surface area contributed by atoms with Gasteiger partial charge in [0.05, 0.1) is 10.9 Å². The van der Waals surface area contributed by atoms with E-state index in [4.69, 9.17) is 0 Å². The molecule has 1 aliphatic rings. The summed E-state index contributed by atoms with van der Waals surface area (Å²) in [6, 6.07) is 3.92. The molecule has 0 radical (unpaired) electrons. The summed E-state index contributed by atoms with van der Waals surface area (Å²) in [4.78, 5) is 15.7. The van der Waals surface area contributed by atoms with Gasteiger partial charge in [-0.2, -0.15) is 0 Å². The summed E-state index contributed by atoms with van der Waals surface area (Å²) in [5.41, 5.74) is 0. The first kappa shape index (κ1) is 12.7. The van der Waals surface area contributed by atoms with Crippen LogP contribution in [0.25, 0.3) is 0 Å². The zero-order chi connectivity index (χ0) is 12.3. The fraction of sp³-hybridized carbons (Fsp3) is 0.615. The normalized spacial score (nSPS) is 19.5. The lowest BCUT2D eigenvalue weighted by Crippen LogP contribution is -2.53. The second kappa shape index (κ2) is 5.76. The maximum Gasteiger partial charge on any atom is 0.190 e. The molecular formula is C13H20N2OS. The van der Waals surface area contributed by atoms with Crippen LogP contribution in [0.3, 0.4) is 0 Å². The van der Waals surface area contributed by atoms with Gasteiger partial charge in [-0.15, -0.1) is 11.3 Å². The van der Waals surface area contributed by atoms with Crippen molar-refractivity contribution >= 4 is 17.1 Å². The molecule has 1 unspecified atom stereocenters. The Morgan fingerprint density at radius 1 is 1.41 bits per heavy atom. The van der Waals surface area contributed by atoms with Gasteiger partial charge >= 0.3 is 0 Å². The van der Waals surface area contributed by atoms with Gasteiger partial charge in [0.25, 0.3) is 0 Å². The standard InChI is InChI=1S/C13H20N2OS/c1-10(2)12(15-7-5-14-6-8-15)13(16)11-4-3-9-17-11/h3-4,9-10,12,14H,5-8H2,1-2H3. The van der Waals surface area contributed by atoms with E-state index >= 15 is 0 Å². The van der Waals surface area contributed by atoms with E-state index in [0.29, 0.717) is 5.92 Å². The molecule has 1 saturated heterocycles. The molecule has 0 spiro atoms. The zero-order valence-corrected chi connectivity index (χ0v) is 11.3. The topological polar surface area (TPSA) is 32.3 Å². The summed E-state index contributed by atoms with van der Waals surface area (Å²) in [7, 11) is 0. The largest absolute Gasteiger partial charge is 0.314 e. The van der Waals surface area contributed by atoms with Crippen LogP contribution in [-0.4, -0.2) is 42.9 Å². The summed E-state index contributed by atoms with van der Waals surface area (Å²) in [5, 5.41) is 5.31. The highest BCUT2D eigenvalue weighted by atomic mass is 32.1. The Morgan fingerprint density at radius 3 is 2.65 bits per heavy atom. The number of ketones is 1. The summed E-state index contributed by atoms with van der Waals surface area (Å²) in [6.07, 6.45) is 0. The number of carbonyl (C=O) groups excluding carboxylic acids is 1. The predicted octanol–water partition coefficient (Wildman–Crippen LogP) is 1.86. The molecule has 0 aliphatic carbocycles. The monoisotopic (exact) mass is 252 g/mol. The van der Waals surface area contributed by atoms with Crippen molar-refractivity contribution in [1.29, 1.82) is 0 Å². The summed E-state index contributed by atoms with van der Waals surface area (Å²) in [6.45, 7) is 8.19. The van der Waals surface area contributed by atoms with E-state index in [1.807, 2.05) is 17.5 Å². The van der Waals surface area contributed by atoms with Crippen LogP contribution >= 0.6 is 11.3 Å². The van der Waals surface area contributed by atoms with Crippen LogP contribution in [-0.2, 0) is 0 Å². The summed E-state index contributed by atoms with van der Waals surface area (Å²) in [5.74, 6) is 0.652. The third-order valence-electron chi connectivity index (χ3n) is 3.21. The zero-order valence-electron chi connectivity index (χ0n) is 10.5. The SMILES string of the molecule is CC(C)C(C(=O)c1cccs1)N1CCNCC1. The quantitative estimate of drug-likeness (QED) is 0.830. The van der Waals surface area contributed by atoms with Gasteiger partial charge < -0.3 is 5.32 Å². The number of rotatable bonds is 4. The Kier molecular flexibility index (Phi) is 4.31. The minimum absolute atomic E-state index is 0.0377. The molecule has 94 valence electrons. The average molecular weight is 252 g/mol. The van der Waals surface area contributed by atoms with Gasteiger partial charge in [0, 0.05) is 26.2 Å². The number of thiophene rings is 1. The van der Waals surface area contributed by atoms with E-state index < -0.39 is 0 Å². The Labute approximate surface area is 107 Å². The lowest BCUT2D eigenvalue weighted by Gasteiger charge is -2.36. The lowest BCUT2D eigenvalue weighted by molar-refractivity contribution is 0.0723. The number of piperazine rings is 1. The van der Waals surface area contributed by atoms with Crippen molar-refractivity contribution in [3.05, 3.63) is 22.4 Å². The number of hydrogen-bond donors (Lipinski definition) is 1. The molecule has 1 N–H and O–H groups in total. The van der Waals surface area contributed by atoms with Crippen LogP contribution in [0.4, 0.5) is 0 Å². The van der Waals surface area contributed by atoms with Crippen molar-refractivity contribution in [3.8, 4) is 0 Å². The fourth-order valence-electron chi connectivity index (χ4n) is 2.42. The van der Waals surface area contributed by atoms with Gasteiger partial charge in [-0.25, -0.2) is 0 Å². The smallest absolute Gasteiger partial charge is 0.190 e. The van der Waals surface area contributed by atoms with Gasteiger partial charge in [-0.1, -0.05) is 19.9 Å². The van der Waals surface area contributed by atoms with E-state index in [0.717, 1.165) is 31.1 Å². The van der Waals surface area contributed by atoms with Crippen molar-refractivity contribution in [3.63, 3.8) is 0 Å². The van der Waals surface area contributed by atoms with E-state index in [-0.39, 0.29) is 11.8 Å². The molecule has 2 heterocycles. The average Bonchev–Trinajstić information content (AvgIpc) is 2.83. The van der Waals surface area contributed by atoms with E-state index in [1.165, 1.54) is 0 Å². The summed E-state index contributed by atoms with van der Waals surface area (Å²) >= 11 is 1.55. The molecule has 0 saturated carbocycles. The number of nitrogens with one attached hydrogen (secondary N) is 1.